The largest absolute Gasteiger partial charge is 0.372 e. The van der Waals surface area contributed by atoms with Crippen molar-refractivity contribution in [2.45, 2.75) is 104 Å². The highest BCUT2D eigenvalue weighted by molar-refractivity contribution is 6.07. The van der Waals surface area contributed by atoms with Gasteiger partial charge in [0.25, 0.3) is 0 Å². The molecule has 3 fully saturated rings. The Balaban J connectivity index is 1.42. The van der Waals surface area contributed by atoms with Gasteiger partial charge in [-0.25, -0.2) is 0 Å². The standard InChI is InChI=1S/C32H43N5O4/c1-4-26(39)25-16-32-17-27(32)37(25)29(41)18-36-31-22(10-6-5-9-20(2)13-28(40)33-19-32)14-23(35-11-7-8-12-35)15-24(31)30(34-36)21(3)38/h14-15,20,25,27H,4-13,16-19H2,1-3H3,(H,33,40)/t20-,25-,27+,32-/m0/s1. The number of carbonyl (C=O) groups is 4. The number of hydrogen-bond donors (Lipinski definition) is 1. The summed E-state index contributed by atoms with van der Waals surface area (Å²) in [6, 6.07) is 3.79. The van der Waals surface area contributed by atoms with Crippen LogP contribution in [-0.4, -0.2) is 69.8 Å². The molecule has 220 valence electrons. The number of carbonyl (C=O) groups excluding carboxylic acids is 4. The predicted octanol–water partition coefficient (Wildman–Crippen LogP) is 4.05. The minimum absolute atomic E-state index is 0.0106. The fraction of sp³-hybridized carbons (Fsp3) is 0.656. The van der Waals surface area contributed by atoms with Crippen LogP contribution in [0, 0.1) is 11.3 Å². The van der Waals surface area contributed by atoms with E-state index in [1.807, 2.05) is 6.92 Å². The van der Waals surface area contributed by atoms with Gasteiger partial charge >= 0.3 is 0 Å². The number of benzene rings is 1. The first-order valence-corrected chi connectivity index (χ1v) is 15.6. The van der Waals surface area contributed by atoms with E-state index in [2.05, 4.69) is 29.3 Å². The van der Waals surface area contributed by atoms with Crippen molar-refractivity contribution < 1.29 is 19.2 Å². The number of nitrogens with one attached hydrogen (secondary N) is 1. The summed E-state index contributed by atoms with van der Waals surface area (Å²) in [5, 5.41) is 8.70. The predicted molar refractivity (Wildman–Crippen MR) is 157 cm³/mol. The summed E-state index contributed by atoms with van der Waals surface area (Å²) in [7, 11) is 0. The van der Waals surface area contributed by atoms with Gasteiger partial charge < -0.3 is 15.1 Å². The Morgan fingerprint density at radius 3 is 2.61 bits per heavy atom. The molecule has 2 amide bonds. The molecule has 6 rings (SSSR count). The Bertz CT molecular complexity index is 1390. The fourth-order valence-corrected chi connectivity index (χ4v) is 7.65. The number of nitrogens with zero attached hydrogens (tertiary/aromatic N) is 4. The number of Topliss-reactive ketones (excluding diaryl/α,β-unsaturated/α-hetero) is 2. The molecule has 2 saturated heterocycles. The van der Waals surface area contributed by atoms with Crippen molar-refractivity contribution in [1.29, 1.82) is 0 Å². The van der Waals surface area contributed by atoms with E-state index in [-0.39, 0.29) is 47.3 Å². The van der Waals surface area contributed by atoms with Crippen LogP contribution in [0.25, 0.3) is 10.9 Å². The Morgan fingerprint density at radius 2 is 1.88 bits per heavy atom. The van der Waals surface area contributed by atoms with Gasteiger partial charge in [0.15, 0.2) is 11.6 Å². The smallest absolute Gasteiger partial charge is 0.245 e. The van der Waals surface area contributed by atoms with Crippen LogP contribution in [0.4, 0.5) is 5.69 Å². The number of aromatic nitrogens is 2. The molecule has 2 bridgehead atoms. The molecule has 4 heterocycles. The minimum Gasteiger partial charge on any atom is -0.372 e. The van der Waals surface area contributed by atoms with Crippen LogP contribution in [0.15, 0.2) is 12.1 Å². The van der Waals surface area contributed by atoms with Crippen molar-refractivity contribution in [3.63, 3.8) is 0 Å². The number of aryl methyl sites for hydroxylation is 1. The topological polar surface area (TPSA) is 105 Å². The quantitative estimate of drug-likeness (QED) is 0.565. The van der Waals surface area contributed by atoms with Gasteiger partial charge in [0.05, 0.1) is 11.6 Å². The van der Waals surface area contributed by atoms with Crippen LogP contribution in [0.5, 0.6) is 0 Å². The van der Waals surface area contributed by atoms with E-state index in [0.29, 0.717) is 31.5 Å². The van der Waals surface area contributed by atoms with E-state index in [4.69, 9.17) is 5.10 Å². The summed E-state index contributed by atoms with van der Waals surface area (Å²) >= 11 is 0. The summed E-state index contributed by atoms with van der Waals surface area (Å²) < 4.78 is 1.73. The Morgan fingerprint density at radius 1 is 1.10 bits per heavy atom. The maximum absolute atomic E-state index is 14.0. The summed E-state index contributed by atoms with van der Waals surface area (Å²) in [5.41, 5.74) is 3.26. The summed E-state index contributed by atoms with van der Waals surface area (Å²) in [6.45, 7) is 8.01. The SMILES string of the molecule is CCC(=O)[C@@H]1C[C@]23CNC(=O)C[C@@H](C)CCCCc4cc(N5CCCC5)cc5c(C(C)=O)nn(c45)CC(=O)N1[C@@H]2C3. The van der Waals surface area contributed by atoms with Gasteiger partial charge in [0.1, 0.15) is 12.2 Å². The van der Waals surface area contributed by atoms with Crippen LogP contribution in [0.2, 0.25) is 0 Å². The number of piperidine rings is 1. The first kappa shape index (κ1) is 27.9. The summed E-state index contributed by atoms with van der Waals surface area (Å²) in [6.07, 6.45) is 8.27. The average Bonchev–Trinajstić information content (AvgIpc) is 3.31. The number of anilines is 1. The van der Waals surface area contributed by atoms with E-state index >= 15 is 0 Å². The molecule has 9 nitrogen and oxygen atoms in total. The molecule has 3 aliphatic heterocycles. The Hall–Kier alpha value is -3.23. The lowest BCUT2D eigenvalue weighted by molar-refractivity contribution is -0.139. The van der Waals surface area contributed by atoms with Gasteiger partial charge in [-0.15, -0.1) is 0 Å². The third kappa shape index (κ3) is 5.17. The molecule has 41 heavy (non-hydrogen) atoms. The highest BCUT2D eigenvalue weighted by Crippen LogP contribution is 2.59. The molecule has 1 aliphatic carbocycles. The third-order valence-electron chi connectivity index (χ3n) is 9.99. The van der Waals surface area contributed by atoms with Crippen molar-refractivity contribution in [3.8, 4) is 0 Å². The molecule has 0 radical (unpaired) electrons. The van der Waals surface area contributed by atoms with Gasteiger partial charge in [0, 0.05) is 61.9 Å². The van der Waals surface area contributed by atoms with Crippen LogP contribution in [0.3, 0.4) is 0 Å². The van der Waals surface area contributed by atoms with Gasteiger partial charge in [-0.1, -0.05) is 26.7 Å². The van der Waals surface area contributed by atoms with Crippen molar-refractivity contribution in [1.82, 2.24) is 20.0 Å². The maximum Gasteiger partial charge on any atom is 0.245 e. The van der Waals surface area contributed by atoms with E-state index < -0.39 is 6.04 Å². The van der Waals surface area contributed by atoms with Crippen molar-refractivity contribution in [2.24, 2.45) is 11.3 Å². The molecule has 4 atom stereocenters. The van der Waals surface area contributed by atoms with E-state index in [9.17, 15) is 19.2 Å². The lowest BCUT2D eigenvalue weighted by Gasteiger charge is -2.26. The van der Waals surface area contributed by atoms with Crippen molar-refractivity contribution in [3.05, 3.63) is 23.4 Å². The van der Waals surface area contributed by atoms with Crippen LogP contribution in [-0.2, 0) is 27.3 Å². The molecule has 2 aromatic rings. The zero-order valence-electron chi connectivity index (χ0n) is 24.7. The normalized spacial score (nSPS) is 28.9. The van der Waals surface area contributed by atoms with Crippen molar-refractivity contribution >= 4 is 40.0 Å². The molecular weight excluding hydrogens is 518 g/mol. The van der Waals surface area contributed by atoms with Crippen molar-refractivity contribution in [2.75, 3.05) is 24.5 Å². The molecule has 0 spiro atoms. The summed E-state index contributed by atoms with van der Waals surface area (Å²) in [4.78, 5) is 56.9. The monoisotopic (exact) mass is 561 g/mol. The van der Waals surface area contributed by atoms with Crippen LogP contribution in [0.1, 0.15) is 94.6 Å². The van der Waals surface area contributed by atoms with Crippen LogP contribution < -0.4 is 10.2 Å². The first-order valence-electron chi connectivity index (χ1n) is 15.6. The van der Waals surface area contributed by atoms with Crippen LogP contribution >= 0.6 is 0 Å². The molecule has 1 saturated carbocycles. The second-order valence-electron chi connectivity index (χ2n) is 13.0. The second kappa shape index (κ2) is 10.9. The molecule has 1 aromatic heterocycles. The third-order valence-corrected chi connectivity index (χ3v) is 9.99. The van der Waals surface area contributed by atoms with E-state index in [0.717, 1.165) is 80.2 Å². The molecule has 1 aromatic carbocycles. The van der Waals surface area contributed by atoms with E-state index in [1.54, 1.807) is 16.5 Å². The molecule has 0 unspecified atom stereocenters. The van der Waals surface area contributed by atoms with Gasteiger partial charge in [-0.2, -0.15) is 5.10 Å². The summed E-state index contributed by atoms with van der Waals surface area (Å²) in [5.74, 6) is 0.144. The molecular formula is C32H43N5O4. The average molecular weight is 562 g/mol. The maximum atomic E-state index is 14.0. The molecule has 4 aliphatic rings. The number of ketones is 2. The number of amides is 2. The lowest BCUT2D eigenvalue weighted by atomic mass is 9.95. The first-order chi connectivity index (χ1) is 19.7. The zero-order chi connectivity index (χ0) is 28.9. The number of rotatable bonds is 4. The zero-order valence-corrected chi connectivity index (χ0v) is 24.7. The van der Waals surface area contributed by atoms with Gasteiger partial charge in [-0.05, 0) is 62.1 Å². The Kier molecular flexibility index (Phi) is 7.41. The highest BCUT2D eigenvalue weighted by atomic mass is 16.2. The molecule has 1 N–H and O–H groups in total. The molecule has 9 heteroatoms. The van der Waals surface area contributed by atoms with E-state index in [1.165, 1.54) is 0 Å². The number of hydrogen-bond acceptors (Lipinski definition) is 6. The highest BCUT2D eigenvalue weighted by Gasteiger charge is 2.66. The lowest BCUT2D eigenvalue weighted by Crippen LogP contribution is -2.44. The van der Waals surface area contributed by atoms with Gasteiger partial charge in [0.2, 0.25) is 11.8 Å². The minimum atomic E-state index is -0.476. The fourth-order valence-electron chi connectivity index (χ4n) is 7.65. The Labute approximate surface area is 242 Å². The second-order valence-corrected chi connectivity index (χ2v) is 13.0. The van der Waals surface area contributed by atoms with Gasteiger partial charge in [-0.3, -0.25) is 23.9 Å².